The van der Waals surface area contributed by atoms with Gasteiger partial charge in [0.05, 0.1) is 38.4 Å². The highest BCUT2D eigenvalue weighted by Crippen LogP contribution is 2.36. The van der Waals surface area contributed by atoms with E-state index in [-0.39, 0.29) is 11.8 Å². The minimum atomic E-state index is -1.55. The molecule has 4 aromatic rings. The quantitative estimate of drug-likeness (QED) is 0.394. The van der Waals surface area contributed by atoms with Gasteiger partial charge >= 0.3 is 0 Å². The zero-order chi connectivity index (χ0) is 24.6. The third-order valence-corrected chi connectivity index (χ3v) is 8.36. The first kappa shape index (κ1) is 22.4. The Bertz CT molecular complexity index is 1520. The summed E-state index contributed by atoms with van der Waals surface area (Å²) in [6, 6.07) is 30.2. The summed E-state index contributed by atoms with van der Waals surface area (Å²) in [5.74, 6) is -0.315. The first-order valence-electron chi connectivity index (χ1n) is 12.0. The molecule has 36 heavy (non-hydrogen) atoms. The van der Waals surface area contributed by atoms with Crippen LogP contribution in [0.3, 0.4) is 0 Å². The van der Waals surface area contributed by atoms with Crippen LogP contribution in [0.15, 0.2) is 107 Å². The molecule has 5 nitrogen and oxygen atoms in total. The van der Waals surface area contributed by atoms with Gasteiger partial charge in [0.2, 0.25) is 0 Å². The lowest BCUT2D eigenvalue weighted by atomic mass is 9.99. The van der Waals surface area contributed by atoms with Crippen molar-refractivity contribution in [2.75, 3.05) is 11.4 Å². The van der Waals surface area contributed by atoms with Crippen LogP contribution in [-0.4, -0.2) is 27.5 Å². The first-order chi connectivity index (χ1) is 17.6. The number of hydrogen-bond donors (Lipinski definition) is 0. The second-order valence-corrected chi connectivity index (χ2v) is 10.5. The minimum absolute atomic E-state index is 0.0908. The summed E-state index contributed by atoms with van der Waals surface area (Å²) < 4.78 is 13.6. The van der Waals surface area contributed by atoms with Gasteiger partial charge < -0.3 is 9.80 Å². The van der Waals surface area contributed by atoms with Crippen LogP contribution in [0, 0.1) is 0 Å². The molecule has 2 aliphatic heterocycles. The fraction of sp³-hybridized carbons (Fsp3) is 0.133. The Labute approximate surface area is 212 Å². The number of fused-ring (bicyclic) bond motifs is 3. The Morgan fingerprint density at radius 1 is 0.806 bits per heavy atom. The van der Waals surface area contributed by atoms with Crippen LogP contribution < -0.4 is 4.90 Å². The lowest BCUT2D eigenvalue weighted by Crippen LogP contribution is -2.36. The zero-order valence-electron chi connectivity index (χ0n) is 19.6. The smallest absolute Gasteiger partial charge is 0.259 e. The third-order valence-electron chi connectivity index (χ3n) is 6.86. The largest absolute Gasteiger partial charge is 0.334 e. The first-order valence-corrected chi connectivity index (χ1v) is 13.1. The summed E-state index contributed by atoms with van der Waals surface area (Å²) in [4.78, 5) is 31.9. The molecule has 1 atom stereocenters. The van der Waals surface area contributed by atoms with E-state index in [9.17, 15) is 13.8 Å². The van der Waals surface area contributed by atoms with Crippen LogP contribution in [0.4, 0.5) is 5.69 Å². The van der Waals surface area contributed by atoms with E-state index in [4.69, 9.17) is 0 Å². The minimum Gasteiger partial charge on any atom is -0.334 e. The second kappa shape index (κ2) is 9.21. The molecule has 0 saturated heterocycles. The molecule has 0 aromatic heterocycles. The van der Waals surface area contributed by atoms with Crippen molar-refractivity contribution in [3.63, 3.8) is 0 Å². The number of amides is 2. The topological polar surface area (TPSA) is 57.7 Å². The van der Waals surface area contributed by atoms with Crippen LogP contribution in [-0.2, 0) is 30.3 Å². The van der Waals surface area contributed by atoms with E-state index in [1.54, 1.807) is 47.4 Å². The number of carbonyl (C=O) groups excluding carboxylic acids is 2. The lowest BCUT2D eigenvalue weighted by molar-refractivity contribution is 0.0734. The van der Waals surface area contributed by atoms with Gasteiger partial charge in [0.25, 0.3) is 11.8 Å². The van der Waals surface area contributed by atoms with E-state index in [0.29, 0.717) is 46.2 Å². The maximum atomic E-state index is 13.8. The molecular formula is C30H24N2O3S. The molecule has 0 radical (unpaired) electrons. The Morgan fingerprint density at radius 3 is 2.36 bits per heavy atom. The highest BCUT2D eigenvalue weighted by atomic mass is 32.2. The van der Waals surface area contributed by atoms with Crippen molar-refractivity contribution < 1.29 is 13.8 Å². The molecule has 6 heteroatoms. The van der Waals surface area contributed by atoms with E-state index in [1.807, 2.05) is 47.4 Å². The van der Waals surface area contributed by atoms with Crippen LogP contribution >= 0.6 is 0 Å². The molecule has 2 heterocycles. The Balaban J connectivity index is 1.42. The molecule has 2 aliphatic rings. The normalized spacial score (nSPS) is 16.6. The Morgan fingerprint density at radius 2 is 1.53 bits per heavy atom. The lowest BCUT2D eigenvalue weighted by Gasteiger charge is -2.29. The van der Waals surface area contributed by atoms with Gasteiger partial charge in [-0.05, 0) is 53.4 Å². The Hall–Kier alpha value is -4.03. The molecule has 0 fully saturated rings. The maximum Gasteiger partial charge on any atom is 0.259 e. The summed E-state index contributed by atoms with van der Waals surface area (Å²) in [6.45, 7) is 1.50. The summed E-state index contributed by atoms with van der Waals surface area (Å²) >= 11 is 0. The summed E-state index contributed by atoms with van der Waals surface area (Å²) in [5, 5.41) is 0. The fourth-order valence-corrected chi connectivity index (χ4v) is 6.32. The monoisotopic (exact) mass is 492 g/mol. The number of anilines is 1. The molecule has 178 valence electrons. The van der Waals surface area contributed by atoms with E-state index in [0.717, 1.165) is 17.5 Å². The van der Waals surface area contributed by atoms with Crippen molar-refractivity contribution in [2.24, 2.45) is 0 Å². The highest BCUT2D eigenvalue weighted by Gasteiger charge is 2.32. The van der Waals surface area contributed by atoms with Crippen molar-refractivity contribution in [2.45, 2.75) is 29.3 Å². The predicted molar refractivity (Wildman–Crippen MR) is 139 cm³/mol. The maximum absolute atomic E-state index is 13.8. The van der Waals surface area contributed by atoms with Crippen LogP contribution in [0.1, 0.15) is 37.4 Å². The highest BCUT2D eigenvalue weighted by molar-refractivity contribution is 7.85. The van der Waals surface area contributed by atoms with Gasteiger partial charge in [-0.2, -0.15) is 0 Å². The zero-order valence-corrected chi connectivity index (χ0v) is 20.4. The van der Waals surface area contributed by atoms with Gasteiger partial charge in [-0.15, -0.1) is 0 Å². The standard InChI is InChI=1S/C30H24N2O3S/c33-29(31-17-16-22-10-4-5-11-24(22)20-31)23-14-15-28-26(18-23)32(19-21-8-2-1-3-9-21)30(34)25-12-6-7-13-27(25)36(28)35/h1-15,18H,16-17,19-20H2/t36-/m1/s1. The van der Waals surface area contributed by atoms with Crippen molar-refractivity contribution in [3.8, 4) is 0 Å². The van der Waals surface area contributed by atoms with Gasteiger partial charge in [0, 0.05) is 18.7 Å². The van der Waals surface area contributed by atoms with Crippen molar-refractivity contribution in [1.82, 2.24) is 4.90 Å². The number of hydrogen-bond acceptors (Lipinski definition) is 3. The number of nitrogens with zero attached hydrogens (tertiary/aromatic N) is 2. The summed E-state index contributed by atoms with van der Waals surface area (Å²) in [7, 11) is -1.55. The molecule has 0 spiro atoms. The van der Waals surface area contributed by atoms with E-state index < -0.39 is 10.8 Å². The second-order valence-electron chi connectivity index (χ2n) is 9.07. The fourth-order valence-electron chi connectivity index (χ4n) is 4.97. The molecular weight excluding hydrogens is 468 g/mol. The van der Waals surface area contributed by atoms with E-state index in [1.165, 1.54) is 5.56 Å². The van der Waals surface area contributed by atoms with Crippen molar-refractivity contribution in [3.05, 3.63) is 125 Å². The number of carbonyl (C=O) groups is 2. The average molecular weight is 493 g/mol. The number of rotatable bonds is 3. The van der Waals surface area contributed by atoms with Crippen LogP contribution in [0.25, 0.3) is 0 Å². The van der Waals surface area contributed by atoms with E-state index >= 15 is 0 Å². The average Bonchev–Trinajstić information content (AvgIpc) is 3.02. The molecule has 0 N–H and O–H groups in total. The molecule has 2 amide bonds. The molecule has 6 rings (SSSR count). The van der Waals surface area contributed by atoms with E-state index in [2.05, 4.69) is 12.1 Å². The molecule has 0 unspecified atom stereocenters. The van der Waals surface area contributed by atoms with Crippen molar-refractivity contribution in [1.29, 1.82) is 0 Å². The molecule has 0 aliphatic carbocycles. The molecule has 0 saturated carbocycles. The van der Waals surface area contributed by atoms with Crippen LogP contribution in [0.5, 0.6) is 0 Å². The summed E-state index contributed by atoms with van der Waals surface area (Å²) in [5.41, 5.74) is 4.80. The van der Waals surface area contributed by atoms with Gasteiger partial charge in [-0.25, -0.2) is 4.21 Å². The molecule has 4 aromatic carbocycles. The third kappa shape index (κ3) is 3.93. The summed E-state index contributed by atoms with van der Waals surface area (Å²) in [6.07, 6.45) is 0.810. The van der Waals surface area contributed by atoms with Crippen molar-refractivity contribution >= 4 is 28.3 Å². The predicted octanol–water partition coefficient (Wildman–Crippen LogP) is 5.21. The number of benzene rings is 4. The van der Waals surface area contributed by atoms with Gasteiger partial charge in [-0.3, -0.25) is 9.59 Å². The van der Waals surface area contributed by atoms with Gasteiger partial charge in [0.15, 0.2) is 0 Å². The van der Waals surface area contributed by atoms with Gasteiger partial charge in [-0.1, -0.05) is 66.7 Å². The van der Waals surface area contributed by atoms with Crippen LogP contribution in [0.2, 0.25) is 0 Å². The van der Waals surface area contributed by atoms with Gasteiger partial charge in [0.1, 0.15) is 0 Å². The Kier molecular flexibility index (Phi) is 5.74. The molecule has 0 bridgehead atoms. The SMILES string of the molecule is O=C(c1ccc2c(c1)N(Cc1ccccc1)C(=O)c1ccccc1[S@]2=O)N1CCc2ccccc2C1.